The Morgan fingerprint density at radius 3 is 3.11 bits per heavy atom. The number of nitrogens with zero attached hydrogens (tertiary/aromatic N) is 4. The van der Waals surface area contributed by atoms with Gasteiger partial charge in [0.05, 0.1) is 5.69 Å². The molecule has 2 aromatic heterocycles. The fourth-order valence-electron chi connectivity index (χ4n) is 2.68. The highest BCUT2D eigenvalue weighted by Crippen LogP contribution is 2.28. The predicted molar refractivity (Wildman–Crippen MR) is 70.3 cm³/mol. The second-order valence-electron chi connectivity index (χ2n) is 5.26. The summed E-state index contributed by atoms with van der Waals surface area (Å²) in [6.07, 6.45) is 6.09. The lowest BCUT2D eigenvalue weighted by molar-refractivity contribution is 0.170. The van der Waals surface area contributed by atoms with Crippen molar-refractivity contribution in [2.24, 2.45) is 5.73 Å². The Labute approximate surface area is 107 Å². The minimum absolute atomic E-state index is 0.293. The maximum atomic E-state index is 6.07. The van der Waals surface area contributed by atoms with E-state index in [0.717, 1.165) is 30.7 Å². The molecule has 0 radical (unpaired) electrons. The summed E-state index contributed by atoms with van der Waals surface area (Å²) < 4.78 is 1.86. The predicted octanol–water partition coefficient (Wildman–Crippen LogP) is 1.13. The van der Waals surface area contributed by atoms with Crippen LogP contribution < -0.4 is 5.73 Å². The van der Waals surface area contributed by atoms with E-state index in [1.165, 1.54) is 5.56 Å². The van der Waals surface area contributed by atoms with Gasteiger partial charge in [0.25, 0.3) is 0 Å². The first-order chi connectivity index (χ1) is 8.63. The van der Waals surface area contributed by atoms with E-state index in [4.69, 9.17) is 5.73 Å². The fourth-order valence-corrected chi connectivity index (χ4v) is 2.68. The van der Waals surface area contributed by atoms with Crippen LogP contribution in [0.25, 0.3) is 5.65 Å². The topological polar surface area (TPSA) is 59.5 Å². The molecule has 2 aromatic rings. The van der Waals surface area contributed by atoms with Crippen LogP contribution in [0.3, 0.4) is 0 Å². The summed E-state index contributed by atoms with van der Waals surface area (Å²) in [6, 6.07) is 2.64. The van der Waals surface area contributed by atoms with Crippen LogP contribution in [0.15, 0.2) is 18.5 Å². The van der Waals surface area contributed by atoms with Crippen molar-refractivity contribution in [2.75, 3.05) is 13.6 Å². The number of piperidine rings is 1. The van der Waals surface area contributed by atoms with Crippen LogP contribution in [-0.2, 0) is 0 Å². The molecule has 0 bridgehead atoms. The van der Waals surface area contributed by atoms with Gasteiger partial charge in [0.1, 0.15) is 0 Å². The SMILES string of the molecule is Cc1cc2ncc(C3CC(N)CCN3C)cn2n1. The van der Waals surface area contributed by atoms with Gasteiger partial charge < -0.3 is 5.73 Å². The van der Waals surface area contributed by atoms with Gasteiger partial charge in [-0.25, -0.2) is 9.50 Å². The number of aryl methyl sites for hydroxylation is 1. The largest absolute Gasteiger partial charge is 0.328 e. The van der Waals surface area contributed by atoms with Gasteiger partial charge in [-0.1, -0.05) is 0 Å². The van der Waals surface area contributed by atoms with Crippen LogP contribution in [0.1, 0.15) is 30.1 Å². The molecular weight excluding hydrogens is 226 g/mol. The molecule has 1 saturated heterocycles. The molecule has 2 N–H and O–H groups in total. The number of hydrogen-bond donors (Lipinski definition) is 1. The molecule has 0 spiro atoms. The zero-order valence-electron chi connectivity index (χ0n) is 10.9. The van der Waals surface area contributed by atoms with E-state index in [2.05, 4.69) is 28.2 Å². The monoisotopic (exact) mass is 245 g/mol. The normalized spacial score (nSPS) is 25.7. The molecular formula is C13H19N5. The van der Waals surface area contributed by atoms with Crippen LogP contribution in [0.4, 0.5) is 0 Å². The molecule has 18 heavy (non-hydrogen) atoms. The highest BCUT2D eigenvalue weighted by Gasteiger charge is 2.25. The summed E-state index contributed by atoms with van der Waals surface area (Å²) in [7, 11) is 2.15. The molecule has 5 heteroatoms. The summed E-state index contributed by atoms with van der Waals surface area (Å²) in [5.74, 6) is 0. The molecule has 2 unspecified atom stereocenters. The number of aromatic nitrogens is 3. The van der Waals surface area contributed by atoms with Crippen LogP contribution in [-0.4, -0.2) is 39.1 Å². The lowest BCUT2D eigenvalue weighted by atomic mass is 9.94. The van der Waals surface area contributed by atoms with Crippen LogP contribution in [0.5, 0.6) is 0 Å². The van der Waals surface area contributed by atoms with Gasteiger partial charge in [0, 0.05) is 36.1 Å². The van der Waals surface area contributed by atoms with Crippen molar-refractivity contribution in [2.45, 2.75) is 31.8 Å². The first kappa shape index (κ1) is 11.6. The Kier molecular flexibility index (Phi) is 2.80. The molecule has 1 aliphatic rings. The number of nitrogens with two attached hydrogens (primary N) is 1. The number of hydrogen-bond acceptors (Lipinski definition) is 4. The standard InChI is InChI=1S/C13H19N5/c1-9-5-13-15-7-10(8-18(13)16-9)12-6-11(14)3-4-17(12)2/h5,7-8,11-12H,3-4,6,14H2,1-2H3. The van der Waals surface area contributed by atoms with Gasteiger partial charge in [0.2, 0.25) is 0 Å². The van der Waals surface area contributed by atoms with Gasteiger partial charge in [-0.05, 0) is 33.4 Å². The van der Waals surface area contributed by atoms with E-state index in [9.17, 15) is 0 Å². The maximum absolute atomic E-state index is 6.07. The summed E-state index contributed by atoms with van der Waals surface area (Å²) in [5.41, 5.74) is 9.17. The van der Waals surface area contributed by atoms with Crippen molar-refractivity contribution in [3.63, 3.8) is 0 Å². The van der Waals surface area contributed by atoms with Crippen molar-refractivity contribution in [1.29, 1.82) is 0 Å². The van der Waals surface area contributed by atoms with Gasteiger partial charge in [-0.2, -0.15) is 5.10 Å². The summed E-state index contributed by atoms with van der Waals surface area (Å²) >= 11 is 0. The Hall–Kier alpha value is -1.46. The minimum atomic E-state index is 0.293. The summed E-state index contributed by atoms with van der Waals surface area (Å²) in [5, 5.41) is 4.42. The highest BCUT2D eigenvalue weighted by atomic mass is 15.2. The van der Waals surface area contributed by atoms with Crippen molar-refractivity contribution in [3.05, 3.63) is 29.7 Å². The third-order valence-electron chi connectivity index (χ3n) is 3.75. The van der Waals surface area contributed by atoms with Gasteiger partial charge in [0.15, 0.2) is 5.65 Å². The maximum Gasteiger partial charge on any atom is 0.155 e. The van der Waals surface area contributed by atoms with Gasteiger partial charge in [-0.3, -0.25) is 4.90 Å². The van der Waals surface area contributed by atoms with Crippen molar-refractivity contribution in [3.8, 4) is 0 Å². The lowest BCUT2D eigenvalue weighted by Gasteiger charge is -2.35. The minimum Gasteiger partial charge on any atom is -0.328 e. The zero-order valence-corrected chi connectivity index (χ0v) is 10.9. The van der Waals surface area contributed by atoms with Gasteiger partial charge in [-0.15, -0.1) is 0 Å². The Bertz CT molecular complexity index is 562. The third-order valence-corrected chi connectivity index (χ3v) is 3.75. The Morgan fingerprint density at radius 1 is 1.44 bits per heavy atom. The van der Waals surface area contributed by atoms with Crippen LogP contribution >= 0.6 is 0 Å². The van der Waals surface area contributed by atoms with Crippen molar-refractivity contribution >= 4 is 5.65 Å². The van der Waals surface area contributed by atoms with E-state index in [1.807, 2.05) is 23.7 Å². The fraction of sp³-hybridized carbons (Fsp3) is 0.538. The first-order valence-electron chi connectivity index (χ1n) is 6.41. The molecule has 2 atom stereocenters. The van der Waals surface area contributed by atoms with Crippen LogP contribution in [0.2, 0.25) is 0 Å². The van der Waals surface area contributed by atoms with Crippen molar-refractivity contribution in [1.82, 2.24) is 19.5 Å². The quantitative estimate of drug-likeness (QED) is 0.818. The molecule has 0 aliphatic carbocycles. The van der Waals surface area contributed by atoms with E-state index in [1.54, 1.807) is 0 Å². The highest BCUT2D eigenvalue weighted by molar-refractivity contribution is 5.39. The smallest absolute Gasteiger partial charge is 0.155 e. The zero-order chi connectivity index (χ0) is 12.7. The second kappa shape index (κ2) is 4.33. The van der Waals surface area contributed by atoms with Gasteiger partial charge >= 0.3 is 0 Å². The number of likely N-dealkylation sites (tertiary alicyclic amines) is 1. The third kappa shape index (κ3) is 2.00. The molecule has 1 aliphatic heterocycles. The molecule has 0 amide bonds. The molecule has 0 aromatic carbocycles. The van der Waals surface area contributed by atoms with Crippen LogP contribution in [0, 0.1) is 6.92 Å². The molecule has 3 heterocycles. The average Bonchev–Trinajstić information content (AvgIpc) is 2.71. The molecule has 5 nitrogen and oxygen atoms in total. The second-order valence-corrected chi connectivity index (χ2v) is 5.26. The summed E-state index contributed by atoms with van der Waals surface area (Å²) in [4.78, 5) is 6.82. The number of fused-ring (bicyclic) bond motifs is 1. The van der Waals surface area contributed by atoms with E-state index in [-0.39, 0.29) is 0 Å². The Morgan fingerprint density at radius 2 is 2.28 bits per heavy atom. The first-order valence-corrected chi connectivity index (χ1v) is 6.41. The van der Waals surface area contributed by atoms with E-state index >= 15 is 0 Å². The van der Waals surface area contributed by atoms with E-state index in [0.29, 0.717) is 12.1 Å². The molecule has 96 valence electrons. The molecule has 0 saturated carbocycles. The van der Waals surface area contributed by atoms with Crippen molar-refractivity contribution < 1.29 is 0 Å². The molecule has 1 fully saturated rings. The molecule has 3 rings (SSSR count). The summed E-state index contributed by atoms with van der Waals surface area (Å²) in [6.45, 7) is 3.03. The lowest BCUT2D eigenvalue weighted by Crippen LogP contribution is -2.40. The van der Waals surface area contributed by atoms with E-state index < -0.39 is 0 Å². The number of rotatable bonds is 1. The average molecular weight is 245 g/mol. The Balaban J connectivity index is 1.97.